The molecule has 0 spiro atoms. The van der Waals surface area contributed by atoms with Gasteiger partial charge in [0.05, 0.1) is 23.7 Å². The number of carbonyl (C=O) groups excluding carboxylic acids is 1. The Morgan fingerprint density at radius 3 is 2.62 bits per heavy atom. The van der Waals surface area contributed by atoms with E-state index < -0.39 is 16.1 Å². The lowest BCUT2D eigenvalue weighted by Gasteiger charge is -2.26. The second-order valence-corrected chi connectivity index (χ2v) is 9.83. The van der Waals surface area contributed by atoms with Crippen LogP contribution in [0.3, 0.4) is 0 Å². The maximum Gasteiger partial charge on any atom is 0.319 e. The Bertz CT molecular complexity index is 950. The van der Waals surface area contributed by atoms with Crippen LogP contribution in [0.1, 0.15) is 36.6 Å². The lowest BCUT2D eigenvalue weighted by molar-refractivity contribution is 0.251. The van der Waals surface area contributed by atoms with Gasteiger partial charge in [-0.15, -0.1) is 11.3 Å². The van der Waals surface area contributed by atoms with Crippen LogP contribution in [0.15, 0.2) is 34.5 Å². The Morgan fingerprint density at radius 1 is 1.21 bits per heavy atom. The molecule has 1 aromatic carbocycles. The summed E-state index contributed by atoms with van der Waals surface area (Å²) in [4.78, 5) is 13.6. The number of urea groups is 1. The van der Waals surface area contributed by atoms with Crippen LogP contribution in [0.2, 0.25) is 0 Å². The second kappa shape index (κ2) is 9.60. The van der Waals surface area contributed by atoms with Crippen molar-refractivity contribution in [2.75, 3.05) is 25.0 Å². The van der Waals surface area contributed by atoms with E-state index in [1.54, 1.807) is 17.4 Å². The molecule has 9 heteroatoms. The van der Waals surface area contributed by atoms with E-state index >= 15 is 0 Å². The van der Waals surface area contributed by atoms with Gasteiger partial charge in [-0.1, -0.05) is 6.42 Å². The van der Waals surface area contributed by atoms with Gasteiger partial charge >= 0.3 is 6.03 Å². The van der Waals surface area contributed by atoms with E-state index in [4.69, 9.17) is 4.74 Å². The third kappa shape index (κ3) is 5.29. The molecule has 2 N–H and O–H groups in total. The zero-order chi connectivity index (χ0) is 20.9. The van der Waals surface area contributed by atoms with Gasteiger partial charge in [0, 0.05) is 18.0 Å². The minimum Gasteiger partial charge on any atom is -0.492 e. The predicted molar refractivity (Wildman–Crippen MR) is 115 cm³/mol. The van der Waals surface area contributed by atoms with Crippen LogP contribution in [-0.4, -0.2) is 38.5 Å². The molecule has 0 atom stereocenters. The third-order valence-electron chi connectivity index (χ3n) is 4.83. The standard InChI is InChI=1S/C20H27N3O4S2/c1-3-27-18-8-7-16(29(25,26)23-10-5-4-6-11-23)13-17(18)22-20(24)21-14-19-15(2)9-12-28-19/h7-9,12-13H,3-6,10-11,14H2,1-2H3,(H2,21,22,24). The highest BCUT2D eigenvalue weighted by atomic mass is 32.2. The summed E-state index contributed by atoms with van der Waals surface area (Å²) in [6.45, 7) is 5.70. The minimum atomic E-state index is -3.60. The van der Waals surface area contributed by atoms with E-state index in [1.165, 1.54) is 16.4 Å². The van der Waals surface area contributed by atoms with Crippen molar-refractivity contribution >= 4 is 33.1 Å². The average Bonchev–Trinajstić information content (AvgIpc) is 3.13. The molecule has 7 nitrogen and oxygen atoms in total. The molecular formula is C20H27N3O4S2. The number of nitrogens with one attached hydrogen (secondary N) is 2. The summed E-state index contributed by atoms with van der Waals surface area (Å²) in [6.07, 6.45) is 2.78. The number of piperidine rings is 1. The Morgan fingerprint density at radius 2 is 1.97 bits per heavy atom. The number of rotatable bonds is 7. The molecule has 0 bridgehead atoms. The van der Waals surface area contributed by atoms with Crippen molar-refractivity contribution in [3.8, 4) is 5.75 Å². The minimum absolute atomic E-state index is 0.159. The molecule has 0 unspecified atom stereocenters. The number of hydrogen-bond donors (Lipinski definition) is 2. The van der Waals surface area contributed by atoms with Crippen molar-refractivity contribution in [2.24, 2.45) is 0 Å². The number of thiophene rings is 1. The fourth-order valence-corrected chi connectivity index (χ4v) is 5.60. The number of benzene rings is 1. The van der Waals surface area contributed by atoms with Gasteiger partial charge in [0.1, 0.15) is 5.75 Å². The van der Waals surface area contributed by atoms with Crippen molar-refractivity contribution < 1.29 is 17.9 Å². The van der Waals surface area contributed by atoms with Crippen molar-refractivity contribution in [3.63, 3.8) is 0 Å². The summed E-state index contributed by atoms with van der Waals surface area (Å²) < 4.78 is 33.0. The maximum atomic E-state index is 13.0. The molecule has 158 valence electrons. The lowest BCUT2D eigenvalue weighted by Crippen LogP contribution is -2.35. The SMILES string of the molecule is CCOc1ccc(S(=O)(=O)N2CCCCC2)cc1NC(=O)NCc1sccc1C. The van der Waals surface area contributed by atoms with Crippen molar-refractivity contribution in [2.45, 2.75) is 44.6 Å². The molecule has 1 aliphatic heterocycles. The largest absolute Gasteiger partial charge is 0.492 e. The zero-order valence-corrected chi connectivity index (χ0v) is 18.4. The van der Waals surface area contributed by atoms with Gasteiger partial charge in [-0.05, 0) is 61.9 Å². The molecule has 0 saturated carbocycles. The van der Waals surface area contributed by atoms with Gasteiger partial charge in [-0.3, -0.25) is 0 Å². The van der Waals surface area contributed by atoms with E-state index in [-0.39, 0.29) is 4.90 Å². The molecule has 0 aliphatic carbocycles. The molecule has 3 rings (SSSR count). The molecule has 1 aromatic heterocycles. The van der Waals surface area contributed by atoms with Gasteiger partial charge in [-0.25, -0.2) is 13.2 Å². The fraction of sp³-hybridized carbons (Fsp3) is 0.450. The quantitative estimate of drug-likeness (QED) is 0.687. The molecular weight excluding hydrogens is 410 g/mol. The van der Waals surface area contributed by atoms with E-state index in [9.17, 15) is 13.2 Å². The maximum absolute atomic E-state index is 13.0. The molecule has 1 fully saturated rings. The summed E-state index contributed by atoms with van der Waals surface area (Å²) in [5.74, 6) is 0.438. The van der Waals surface area contributed by atoms with Crippen LogP contribution >= 0.6 is 11.3 Å². The highest BCUT2D eigenvalue weighted by Gasteiger charge is 2.27. The van der Waals surface area contributed by atoms with Crippen LogP contribution in [0.4, 0.5) is 10.5 Å². The van der Waals surface area contributed by atoms with Gasteiger partial charge in [0.15, 0.2) is 0 Å². The number of sulfonamides is 1. The summed E-state index contributed by atoms with van der Waals surface area (Å²) >= 11 is 1.58. The van der Waals surface area contributed by atoms with Crippen LogP contribution < -0.4 is 15.4 Å². The summed E-state index contributed by atoms with van der Waals surface area (Å²) in [5.41, 5.74) is 1.46. The smallest absolute Gasteiger partial charge is 0.319 e. The monoisotopic (exact) mass is 437 g/mol. The first kappa shape index (κ1) is 21.6. The van der Waals surface area contributed by atoms with Crippen molar-refractivity contribution in [3.05, 3.63) is 40.1 Å². The van der Waals surface area contributed by atoms with E-state index in [0.717, 1.165) is 29.7 Å². The van der Waals surface area contributed by atoms with Crippen molar-refractivity contribution in [1.82, 2.24) is 9.62 Å². The normalized spacial score (nSPS) is 15.1. The lowest BCUT2D eigenvalue weighted by atomic mass is 10.2. The molecule has 2 heterocycles. The number of ether oxygens (including phenoxy) is 1. The number of hydrogen-bond acceptors (Lipinski definition) is 5. The number of nitrogens with zero attached hydrogens (tertiary/aromatic N) is 1. The van der Waals surface area contributed by atoms with E-state index in [0.29, 0.717) is 37.7 Å². The van der Waals surface area contributed by atoms with Gasteiger partial charge in [-0.2, -0.15) is 4.31 Å². The Hall–Kier alpha value is -2.10. The molecule has 0 radical (unpaired) electrons. The first-order valence-electron chi connectivity index (χ1n) is 9.76. The fourth-order valence-electron chi connectivity index (χ4n) is 3.22. The predicted octanol–water partition coefficient (Wildman–Crippen LogP) is 3.95. The number of carbonyl (C=O) groups is 1. The molecule has 2 aromatic rings. The molecule has 1 saturated heterocycles. The van der Waals surface area contributed by atoms with Gasteiger partial charge in [0.2, 0.25) is 10.0 Å². The van der Waals surface area contributed by atoms with E-state index in [2.05, 4.69) is 10.6 Å². The van der Waals surface area contributed by atoms with Crippen LogP contribution in [-0.2, 0) is 16.6 Å². The molecule has 29 heavy (non-hydrogen) atoms. The second-order valence-electron chi connectivity index (χ2n) is 6.89. The average molecular weight is 438 g/mol. The van der Waals surface area contributed by atoms with Crippen LogP contribution in [0, 0.1) is 6.92 Å². The Labute approximate surface area is 176 Å². The topological polar surface area (TPSA) is 87.7 Å². The summed E-state index contributed by atoms with van der Waals surface area (Å²) in [5, 5.41) is 7.53. The van der Waals surface area contributed by atoms with Crippen LogP contribution in [0.25, 0.3) is 0 Å². The first-order valence-corrected chi connectivity index (χ1v) is 12.1. The Balaban J connectivity index is 1.77. The third-order valence-corrected chi connectivity index (χ3v) is 7.75. The van der Waals surface area contributed by atoms with Gasteiger partial charge in [0.25, 0.3) is 0 Å². The number of anilines is 1. The van der Waals surface area contributed by atoms with Crippen molar-refractivity contribution in [1.29, 1.82) is 0 Å². The summed E-state index contributed by atoms with van der Waals surface area (Å²) in [6, 6.07) is 6.20. The zero-order valence-electron chi connectivity index (χ0n) is 16.7. The number of amides is 2. The number of aryl methyl sites for hydroxylation is 1. The first-order chi connectivity index (χ1) is 13.9. The summed E-state index contributed by atoms with van der Waals surface area (Å²) in [7, 11) is -3.60. The van der Waals surface area contributed by atoms with E-state index in [1.807, 2.05) is 25.3 Å². The Kier molecular flexibility index (Phi) is 7.15. The molecule has 1 aliphatic rings. The van der Waals surface area contributed by atoms with Gasteiger partial charge < -0.3 is 15.4 Å². The molecule has 2 amide bonds. The van der Waals surface area contributed by atoms with Crippen LogP contribution in [0.5, 0.6) is 5.75 Å². The highest BCUT2D eigenvalue weighted by molar-refractivity contribution is 7.89. The highest BCUT2D eigenvalue weighted by Crippen LogP contribution is 2.30.